The Bertz CT molecular complexity index is 599. The fraction of sp³-hybridized carbons (Fsp3) is 0.556. The first-order chi connectivity index (χ1) is 12.0. The van der Waals surface area contributed by atoms with Crippen LogP contribution in [-0.4, -0.2) is 43.0 Å². The maximum Gasteiger partial charge on any atom is 0.306 e. The zero-order valence-electron chi connectivity index (χ0n) is 14.6. The lowest BCUT2D eigenvalue weighted by atomic mass is 9.86. The first-order valence-electron chi connectivity index (χ1n) is 8.40. The van der Waals surface area contributed by atoms with Crippen molar-refractivity contribution in [1.82, 2.24) is 5.32 Å². The van der Waals surface area contributed by atoms with Gasteiger partial charge in [-0.1, -0.05) is 0 Å². The van der Waals surface area contributed by atoms with Crippen LogP contribution in [0.25, 0.3) is 0 Å². The highest BCUT2D eigenvalue weighted by Crippen LogP contribution is 2.32. The molecule has 1 aromatic rings. The molecule has 138 valence electrons. The van der Waals surface area contributed by atoms with Crippen LogP contribution in [0.5, 0.6) is 11.5 Å². The van der Waals surface area contributed by atoms with Crippen LogP contribution in [0.1, 0.15) is 32.1 Å². The molecule has 2 N–H and O–H groups in total. The first-order valence-corrected chi connectivity index (χ1v) is 9.39. The number of rotatable bonds is 8. The standard InChI is InChI=1S/C18H25NO5S/c1-23-15-8-7-14(11-16(15)24-2)25-10-9-17(20)19-13-5-3-12(4-6-13)18(21)22/h7-8,11-13H,3-6,9-10H2,1-2H3,(H,19,20)(H,21,22). The van der Waals surface area contributed by atoms with Gasteiger partial charge in [0.1, 0.15) is 0 Å². The zero-order valence-corrected chi connectivity index (χ0v) is 15.4. The smallest absolute Gasteiger partial charge is 0.306 e. The molecule has 1 aliphatic carbocycles. The van der Waals surface area contributed by atoms with Crippen molar-refractivity contribution < 1.29 is 24.2 Å². The minimum absolute atomic E-state index is 0.0201. The van der Waals surface area contributed by atoms with Gasteiger partial charge in [-0.25, -0.2) is 0 Å². The predicted octanol–water partition coefficient (Wildman–Crippen LogP) is 2.95. The number of methoxy groups -OCH3 is 2. The molecule has 0 saturated heterocycles. The molecular formula is C18H25NO5S. The van der Waals surface area contributed by atoms with Crippen molar-refractivity contribution in [1.29, 1.82) is 0 Å². The number of aliphatic carboxylic acids is 1. The van der Waals surface area contributed by atoms with Crippen LogP contribution >= 0.6 is 11.8 Å². The molecule has 0 spiro atoms. The second-order valence-corrected chi connectivity index (χ2v) is 7.24. The second-order valence-electron chi connectivity index (χ2n) is 6.07. The summed E-state index contributed by atoms with van der Waals surface area (Å²) in [7, 11) is 3.19. The van der Waals surface area contributed by atoms with E-state index in [1.807, 2.05) is 18.2 Å². The van der Waals surface area contributed by atoms with E-state index in [-0.39, 0.29) is 17.9 Å². The summed E-state index contributed by atoms with van der Waals surface area (Å²) >= 11 is 1.59. The summed E-state index contributed by atoms with van der Waals surface area (Å²) in [5.41, 5.74) is 0. The SMILES string of the molecule is COc1ccc(SCCC(=O)NC2CCC(C(=O)O)CC2)cc1OC. The Morgan fingerprint density at radius 3 is 2.44 bits per heavy atom. The highest BCUT2D eigenvalue weighted by molar-refractivity contribution is 7.99. The molecular weight excluding hydrogens is 342 g/mol. The number of amides is 1. The molecule has 25 heavy (non-hydrogen) atoms. The van der Waals surface area contributed by atoms with Crippen molar-refractivity contribution in [2.45, 2.75) is 43.0 Å². The number of carbonyl (C=O) groups is 2. The summed E-state index contributed by atoms with van der Waals surface area (Å²) in [5, 5.41) is 12.0. The molecule has 2 rings (SSSR count). The van der Waals surface area contributed by atoms with Gasteiger partial charge in [0.25, 0.3) is 0 Å². The average Bonchev–Trinajstić information content (AvgIpc) is 2.62. The fourth-order valence-electron chi connectivity index (χ4n) is 2.95. The first kappa shape index (κ1) is 19.4. The molecule has 0 unspecified atom stereocenters. The lowest BCUT2D eigenvalue weighted by molar-refractivity contribution is -0.142. The van der Waals surface area contributed by atoms with Gasteiger partial charge in [0.05, 0.1) is 20.1 Å². The third-order valence-corrected chi connectivity index (χ3v) is 5.39. The van der Waals surface area contributed by atoms with Crippen LogP contribution in [0.4, 0.5) is 0 Å². The summed E-state index contributed by atoms with van der Waals surface area (Å²) in [6.07, 6.45) is 3.19. The van der Waals surface area contributed by atoms with E-state index >= 15 is 0 Å². The molecule has 0 atom stereocenters. The van der Waals surface area contributed by atoms with Gasteiger partial charge in [-0.2, -0.15) is 0 Å². The Hall–Kier alpha value is -1.89. The van der Waals surface area contributed by atoms with Gasteiger partial charge in [0.2, 0.25) is 5.91 Å². The van der Waals surface area contributed by atoms with Crippen molar-refractivity contribution >= 4 is 23.6 Å². The number of hydrogen-bond acceptors (Lipinski definition) is 5. The van der Waals surface area contributed by atoms with Gasteiger partial charge in [0, 0.05) is 23.1 Å². The number of thioether (sulfide) groups is 1. The Morgan fingerprint density at radius 1 is 1.16 bits per heavy atom. The third kappa shape index (κ3) is 5.85. The molecule has 1 aromatic carbocycles. The Kier molecular flexibility index (Phi) is 7.43. The van der Waals surface area contributed by atoms with E-state index < -0.39 is 5.97 Å². The lowest BCUT2D eigenvalue weighted by Crippen LogP contribution is -2.38. The lowest BCUT2D eigenvalue weighted by Gasteiger charge is -2.26. The number of nitrogens with one attached hydrogen (secondary N) is 1. The molecule has 7 heteroatoms. The number of carboxylic acids is 1. The quantitative estimate of drug-likeness (QED) is 0.687. The van der Waals surface area contributed by atoms with Crippen LogP contribution in [0.15, 0.2) is 23.1 Å². The molecule has 0 aliphatic heterocycles. The number of carbonyl (C=O) groups excluding carboxylic acids is 1. The molecule has 0 aromatic heterocycles. The van der Waals surface area contributed by atoms with Gasteiger partial charge in [-0.05, 0) is 43.9 Å². The molecule has 1 aliphatic rings. The number of ether oxygens (including phenoxy) is 2. The van der Waals surface area contributed by atoms with E-state index in [1.165, 1.54) is 0 Å². The third-order valence-electron chi connectivity index (χ3n) is 4.39. The van der Waals surface area contributed by atoms with Crippen LogP contribution < -0.4 is 14.8 Å². The minimum Gasteiger partial charge on any atom is -0.493 e. The average molecular weight is 367 g/mol. The van der Waals surface area contributed by atoms with Crippen LogP contribution in [0.3, 0.4) is 0 Å². The van der Waals surface area contributed by atoms with E-state index in [0.29, 0.717) is 36.5 Å². The Balaban J connectivity index is 1.71. The number of hydrogen-bond donors (Lipinski definition) is 2. The van der Waals surface area contributed by atoms with E-state index in [4.69, 9.17) is 14.6 Å². The fourth-order valence-corrected chi connectivity index (χ4v) is 3.83. The van der Waals surface area contributed by atoms with Gasteiger partial charge < -0.3 is 19.9 Å². The highest BCUT2D eigenvalue weighted by Gasteiger charge is 2.26. The number of carboxylic acid groups (broad SMARTS) is 1. The van der Waals surface area contributed by atoms with Crippen LogP contribution in [-0.2, 0) is 9.59 Å². The van der Waals surface area contributed by atoms with Gasteiger partial charge >= 0.3 is 5.97 Å². The van der Waals surface area contributed by atoms with E-state index in [2.05, 4.69) is 5.32 Å². The van der Waals surface area contributed by atoms with Crippen molar-refractivity contribution in [3.8, 4) is 11.5 Å². The Morgan fingerprint density at radius 2 is 1.84 bits per heavy atom. The van der Waals surface area contributed by atoms with E-state index in [9.17, 15) is 9.59 Å². The predicted molar refractivity (Wildman–Crippen MR) is 96.4 cm³/mol. The maximum absolute atomic E-state index is 12.1. The van der Waals surface area contributed by atoms with E-state index in [0.717, 1.165) is 17.7 Å². The van der Waals surface area contributed by atoms with Gasteiger partial charge in [-0.3, -0.25) is 9.59 Å². The van der Waals surface area contributed by atoms with Crippen molar-refractivity contribution in [3.05, 3.63) is 18.2 Å². The van der Waals surface area contributed by atoms with E-state index in [1.54, 1.807) is 26.0 Å². The van der Waals surface area contributed by atoms with Gasteiger partial charge in [-0.15, -0.1) is 11.8 Å². The summed E-state index contributed by atoms with van der Waals surface area (Å²) in [5.74, 6) is 1.07. The summed E-state index contributed by atoms with van der Waals surface area (Å²) in [6, 6.07) is 5.79. The minimum atomic E-state index is -0.726. The van der Waals surface area contributed by atoms with Crippen molar-refractivity contribution in [2.75, 3.05) is 20.0 Å². The molecule has 1 fully saturated rings. The molecule has 1 amide bonds. The summed E-state index contributed by atoms with van der Waals surface area (Å²) < 4.78 is 10.5. The second kappa shape index (κ2) is 9.56. The van der Waals surface area contributed by atoms with Crippen molar-refractivity contribution in [3.63, 3.8) is 0 Å². The Labute approximate surface area is 152 Å². The number of benzene rings is 1. The monoisotopic (exact) mass is 367 g/mol. The van der Waals surface area contributed by atoms with Gasteiger partial charge in [0.15, 0.2) is 11.5 Å². The molecule has 0 heterocycles. The zero-order chi connectivity index (χ0) is 18.2. The maximum atomic E-state index is 12.1. The summed E-state index contributed by atoms with van der Waals surface area (Å²) in [6.45, 7) is 0. The van der Waals surface area contributed by atoms with Crippen LogP contribution in [0.2, 0.25) is 0 Å². The molecule has 0 bridgehead atoms. The molecule has 6 nitrogen and oxygen atoms in total. The van der Waals surface area contributed by atoms with Crippen LogP contribution in [0, 0.1) is 5.92 Å². The highest BCUT2D eigenvalue weighted by atomic mass is 32.2. The van der Waals surface area contributed by atoms with Crippen molar-refractivity contribution in [2.24, 2.45) is 5.92 Å². The largest absolute Gasteiger partial charge is 0.493 e. The molecule has 1 saturated carbocycles. The summed E-state index contributed by atoms with van der Waals surface area (Å²) in [4.78, 5) is 24.0. The molecule has 0 radical (unpaired) electrons. The normalized spacial score (nSPS) is 19.9. The topological polar surface area (TPSA) is 84.9 Å².